The van der Waals surface area contributed by atoms with Gasteiger partial charge in [-0.25, -0.2) is 0 Å². The topological polar surface area (TPSA) is 106 Å². The van der Waals surface area contributed by atoms with Crippen molar-refractivity contribution in [2.45, 2.75) is 0 Å². The summed E-state index contributed by atoms with van der Waals surface area (Å²) in [5.74, 6) is -0.173. The third-order valence-electron chi connectivity index (χ3n) is 2.69. The molecule has 0 amide bonds. The molecule has 0 unspecified atom stereocenters. The molecule has 3 aromatic rings. The first kappa shape index (κ1) is 9.65. The second-order valence-corrected chi connectivity index (χ2v) is 3.93. The Bertz CT molecular complexity index is 684. The molecule has 0 bridgehead atoms. The summed E-state index contributed by atoms with van der Waals surface area (Å²) in [5, 5.41) is 20.4. The van der Waals surface area contributed by atoms with Crippen molar-refractivity contribution in [2.75, 3.05) is 11.5 Å². The van der Waals surface area contributed by atoms with Crippen molar-refractivity contribution in [3.05, 3.63) is 24.3 Å². The van der Waals surface area contributed by atoms with Gasteiger partial charge in [-0.1, -0.05) is 0 Å². The van der Waals surface area contributed by atoms with Crippen molar-refractivity contribution < 1.29 is 14.6 Å². The maximum Gasteiger partial charge on any atom is 0.177 e. The van der Waals surface area contributed by atoms with Gasteiger partial charge in [-0.3, -0.25) is 0 Å². The van der Waals surface area contributed by atoms with Gasteiger partial charge in [0.25, 0.3) is 0 Å². The Hall–Kier alpha value is -2.56. The van der Waals surface area contributed by atoms with Gasteiger partial charge >= 0.3 is 0 Å². The molecule has 0 aliphatic carbocycles. The van der Waals surface area contributed by atoms with Crippen molar-refractivity contribution >= 4 is 33.3 Å². The molecule has 0 fully saturated rings. The third-order valence-corrected chi connectivity index (χ3v) is 2.69. The molecule has 5 heteroatoms. The van der Waals surface area contributed by atoms with Crippen molar-refractivity contribution in [1.29, 1.82) is 0 Å². The van der Waals surface area contributed by atoms with Crippen molar-refractivity contribution in [3.63, 3.8) is 0 Å². The van der Waals surface area contributed by atoms with Crippen LogP contribution in [0.3, 0.4) is 0 Å². The summed E-state index contributed by atoms with van der Waals surface area (Å²) in [6.07, 6.45) is 0. The van der Waals surface area contributed by atoms with Gasteiger partial charge in [0.2, 0.25) is 0 Å². The van der Waals surface area contributed by atoms with E-state index in [0.29, 0.717) is 27.7 Å². The Morgan fingerprint density at radius 2 is 1.59 bits per heavy atom. The SMILES string of the molecule is Nc1cc(N)c2oc3c(O)cc(O)cc3c2c1. The van der Waals surface area contributed by atoms with Crippen LogP contribution in [0.25, 0.3) is 21.9 Å². The molecule has 17 heavy (non-hydrogen) atoms. The highest BCUT2D eigenvalue weighted by Gasteiger charge is 2.14. The van der Waals surface area contributed by atoms with Crippen molar-refractivity contribution in [1.82, 2.24) is 0 Å². The summed E-state index contributed by atoms with van der Waals surface area (Å²) in [6.45, 7) is 0. The predicted octanol–water partition coefficient (Wildman–Crippen LogP) is 2.16. The third kappa shape index (κ3) is 1.25. The van der Waals surface area contributed by atoms with Crippen LogP contribution in [0.5, 0.6) is 11.5 Å². The van der Waals surface area contributed by atoms with E-state index in [1.807, 2.05) is 0 Å². The largest absolute Gasteiger partial charge is 0.508 e. The highest BCUT2D eigenvalue weighted by molar-refractivity contribution is 6.11. The molecule has 0 atom stereocenters. The molecule has 86 valence electrons. The molecule has 1 heterocycles. The maximum atomic E-state index is 9.69. The van der Waals surface area contributed by atoms with E-state index in [1.165, 1.54) is 12.1 Å². The minimum absolute atomic E-state index is 0.0429. The molecule has 0 saturated heterocycles. The second kappa shape index (κ2) is 2.98. The minimum atomic E-state index is -0.130. The number of fused-ring (bicyclic) bond motifs is 3. The lowest BCUT2D eigenvalue weighted by Crippen LogP contribution is -1.89. The zero-order valence-corrected chi connectivity index (χ0v) is 8.77. The minimum Gasteiger partial charge on any atom is -0.508 e. The molecule has 3 rings (SSSR count). The van der Waals surface area contributed by atoms with Crippen molar-refractivity contribution in [2.24, 2.45) is 0 Å². The van der Waals surface area contributed by atoms with Crippen molar-refractivity contribution in [3.8, 4) is 11.5 Å². The standard InChI is InChI=1S/C12H10N2O3/c13-5-1-7-8-3-6(15)4-10(16)12(8)17-11(7)9(14)2-5/h1-4,15-16H,13-14H2. The number of phenolic OH excluding ortho intramolecular Hbond substituents is 2. The summed E-state index contributed by atoms with van der Waals surface area (Å²) in [5.41, 5.74) is 13.1. The number of rotatable bonds is 0. The molecule has 6 N–H and O–H groups in total. The molecule has 5 nitrogen and oxygen atoms in total. The number of anilines is 2. The quantitative estimate of drug-likeness (QED) is 0.443. The highest BCUT2D eigenvalue weighted by atomic mass is 16.4. The number of hydrogen-bond donors (Lipinski definition) is 4. The Morgan fingerprint density at radius 3 is 2.35 bits per heavy atom. The monoisotopic (exact) mass is 230 g/mol. The highest BCUT2D eigenvalue weighted by Crippen LogP contribution is 2.39. The summed E-state index contributed by atoms with van der Waals surface area (Å²) >= 11 is 0. The lowest BCUT2D eigenvalue weighted by atomic mass is 10.1. The normalized spacial score (nSPS) is 11.3. The lowest BCUT2D eigenvalue weighted by molar-refractivity contribution is 0.448. The number of nitrogens with two attached hydrogens (primary N) is 2. The van der Waals surface area contributed by atoms with Crippen LogP contribution >= 0.6 is 0 Å². The van der Waals surface area contributed by atoms with Crippen LogP contribution in [-0.4, -0.2) is 10.2 Å². The lowest BCUT2D eigenvalue weighted by Gasteiger charge is -1.97. The van der Waals surface area contributed by atoms with Gasteiger partial charge in [-0.05, 0) is 18.2 Å². The van der Waals surface area contributed by atoms with Crippen LogP contribution in [0.1, 0.15) is 0 Å². The number of nitrogen functional groups attached to an aromatic ring is 2. The number of aromatic hydroxyl groups is 2. The maximum absolute atomic E-state index is 9.69. The van der Waals surface area contributed by atoms with E-state index in [0.717, 1.165) is 0 Å². The second-order valence-electron chi connectivity index (χ2n) is 3.93. The molecule has 0 spiro atoms. The van der Waals surface area contributed by atoms with E-state index in [2.05, 4.69) is 0 Å². The Morgan fingerprint density at radius 1 is 0.882 bits per heavy atom. The van der Waals surface area contributed by atoms with E-state index in [4.69, 9.17) is 15.9 Å². The molecular formula is C12H10N2O3. The van der Waals surface area contributed by atoms with E-state index < -0.39 is 0 Å². The van der Waals surface area contributed by atoms with Crippen LogP contribution in [0.15, 0.2) is 28.7 Å². The first-order chi connectivity index (χ1) is 8.06. The van der Waals surface area contributed by atoms with E-state index >= 15 is 0 Å². The van der Waals surface area contributed by atoms with E-state index in [9.17, 15) is 10.2 Å². The summed E-state index contributed by atoms with van der Waals surface area (Å²) in [4.78, 5) is 0. The zero-order valence-electron chi connectivity index (χ0n) is 8.77. The van der Waals surface area contributed by atoms with Gasteiger partial charge in [0.05, 0.1) is 5.69 Å². The van der Waals surface area contributed by atoms with Gasteiger partial charge in [0.1, 0.15) is 5.75 Å². The van der Waals surface area contributed by atoms with Gasteiger partial charge in [-0.2, -0.15) is 0 Å². The average Bonchev–Trinajstić information content (AvgIpc) is 2.58. The number of phenols is 2. The van der Waals surface area contributed by atoms with Crippen LogP contribution in [-0.2, 0) is 0 Å². The summed E-state index contributed by atoms with van der Waals surface area (Å²) in [7, 11) is 0. The fourth-order valence-electron chi connectivity index (χ4n) is 2.00. The van der Waals surface area contributed by atoms with Crippen LogP contribution < -0.4 is 11.5 Å². The molecule has 1 aromatic heterocycles. The van der Waals surface area contributed by atoms with Gasteiger partial charge < -0.3 is 26.1 Å². The average molecular weight is 230 g/mol. The smallest absolute Gasteiger partial charge is 0.177 e. The number of furan rings is 1. The summed E-state index contributed by atoms with van der Waals surface area (Å²) < 4.78 is 5.48. The molecule has 2 aromatic carbocycles. The van der Waals surface area contributed by atoms with Crippen LogP contribution in [0.2, 0.25) is 0 Å². The molecule has 0 saturated carbocycles. The van der Waals surface area contributed by atoms with Gasteiger partial charge in [0, 0.05) is 22.5 Å². The Labute approximate surface area is 95.9 Å². The number of hydrogen-bond acceptors (Lipinski definition) is 5. The molecule has 0 aliphatic heterocycles. The molecule has 0 radical (unpaired) electrons. The van der Waals surface area contributed by atoms with E-state index in [1.54, 1.807) is 12.1 Å². The Balaban J connectivity index is 2.60. The van der Waals surface area contributed by atoms with Crippen LogP contribution in [0, 0.1) is 0 Å². The molecule has 0 aliphatic rings. The zero-order chi connectivity index (χ0) is 12.2. The molecular weight excluding hydrogens is 220 g/mol. The number of benzene rings is 2. The predicted molar refractivity (Wildman–Crippen MR) is 65.9 cm³/mol. The van der Waals surface area contributed by atoms with Gasteiger partial charge in [-0.15, -0.1) is 0 Å². The van der Waals surface area contributed by atoms with Crippen LogP contribution in [0.4, 0.5) is 11.4 Å². The first-order valence-corrected chi connectivity index (χ1v) is 4.99. The Kier molecular flexibility index (Phi) is 1.69. The van der Waals surface area contributed by atoms with E-state index in [-0.39, 0.29) is 17.1 Å². The first-order valence-electron chi connectivity index (χ1n) is 4.99. The summed E-state index contributed by atoms with van der Waals surface area (Å²) in [6, 6.07) is 5.99. The van der Waals surface area contributed by atoms with Gasteiger partial charge in [0.15, 0.2) is 16.9 Å². The fourth-order valence-corrected chi connectivity index (χ4v) is 2.00. The fraction of sp³-hybridized carbons (Fsp3) is 0.